The van der Waals surface area contributed by atoms with Crippen LogP contribution in [0, 0.1) is 11.8 Å². The number of piperidine rings is 1. The molecule has 1 unspecified atom stereocenters. The van der Waals surface area contributed by atoms with Gasteiger partial charge in [-0.2, -0.15) is 0 Å². The fraction of sp³-hybridized carbons (Fsp3) is 0.478. The topological polar surface area (TPSA) is 180 Å². The lowest BCUT2D eigenvalue weighted by molar-refractivity contribution is 0.0853. The number of nitrogens with zero attached hydrogens (tertiary/aromatic N) is 5. The van der Waals surface area contributed by atoms with E-state index in [1.165, 1.54) is 51.9 Å². The number of aliphatic hydroxyl groups is 2. The Bertz CT molecular complexity index is 2170. The average molecular weight is 853 g/mol. The molecule has 0 radical (unpaired) electrons. The molecule has 4 aromatic rings. The van der Waals surface area contributed by atoms with Crippen LogP contribution >= 0.6 is 0 Å². The maximum atomic E-state index is 12.6. The molecule has 5 N–H and O–H groups in total. The third-order valence-electron chi connectivity index (χ3n) is 12.1. The number of benzene rings is 2. The van der Waals surface area contributed by atoms with Gasteiger partial charge in [0.1, 0.15) is 0 Å². The largest absolute Gasteiger partial charge is 0.390 e. The van der Waals surface area contributed by atoms with Gasteiger partial charge in [0, 0.05) is 90.2 Å². The lowest BCUT2D eigenvalue weighted by atomic mass is 9.91. The van der Waals surface area contributed by atoms with Crippen LogP contribution in [0.3, 0.4) is 0 Å². The number of carbonyl (C=O) groups is 2. The van der Waals surface area contributed by atoms with Crippen LogP contribution in [-0.2, 0) is 49.0 Å². The molecule has 0 bridgehead atoms. The molecule has 6 heterocycles. The highest BCUT2D eigenvalue weighted by Gasteiger charge is 2.29. The molecule has 2 aromatic heterocycles. The van der Waals surface area contributed by atoms with Crippen molar-refractivity contribution in [2.45, 2.75) is 70.5 Å². The fourth-order valence-corrected chi connectivity index (χ4v) is 9.80. The van der Waals surface area contributed by atoms with Crippen LogP contribution in [-0.4, -0.2) is 125 Å². The number of sulfonamides is 1. The highest BCUT2D eigenvalue weighted by molar-refractivity contribution is 7.88. The zero-order valence-electron chi connectivity index (χ0n) is 35.1. The van der Waals surface area contributed by atoms with Gasteiger partial charge in [-0.3, -0.25) is 29.4 Å². The van der Waals surface area contributed by atoms with Crippen molar-refractivity contribution in [1.29, 1.82) is 0 Å². The minimum absolute atomic E-state index is 0.169. The smallest absolute Gasteiger partial charge is 0.252 e. The average Bonchev–Trinajstić information content (AvgIpc) is 4.01. The number of nitrogens with one attached hydrogen (secondary N) is 3. The van der Waals surface area contributed by atoms with Crippen molar-refractivity contribution >= 4 is 21.8 Å². The van der Waals surface area contributed by atoms with Crippen LogP contribution in [0.5, 0.6) is 0 Å². The number of hydrogen-bond acceptors (Lipinski definition) is 11. The molecule has 15 heteroatoms. The van der Waals surface area contributed by atoms with E-state index in [0.29, 0.717) is 49.6 Å². The van der Waals surface area contributed by atoms with Gasteiger partial charge in [0.2, 0.25) is 10.0 Å². The molecule has 14 nitrogen and oxygen atoms in total. The minimum Gasteiger partial charge on any atom is -0.390 e. The number of fused-ring (bicyclic) bond motifs is 2. The van der Waals surface area contributed by atoms with E-state index in [4.69, 9.17) is 0 Å². The molecule has 4 aliphatic heterocycles. The van der Waals surface area contributed by atoms with E-state index < -0.39 is 22.2 Å². The Morgan fingerprint density at radius 3 is 1.57 bits per heavy atom. The number of rotatable bonds is 15. The Labute approximate surface area is 359 Å². The summed E-state index contributed by atoms with van der Waals surface area (Å²) in [4.78, 5) is 37.9. The Morgan fingerprint density at radius 1 is 0.705 bits per heavy atom. The molecule has 2 amide bonds. The van der Waals surface area contributed by atoms with Gasteiger partial charge in [0.25, 0.3) is 11.8 Å². The van der Waals surface area contributed by atoms with E-state index in [2.05, 4.69) is 60.0 Å². The molecule has 0 aliphatic carbocycles. The minimum atomic E-state index is -3.16. The molecule has 2 fully saturated rings. The maximum Gasteiger partial charge on any atom is 0.252 e. The Balaban J connectivity index is 0.000000185. The summed E-state index contributed by atoms with van der Waals surface area (Å²) in [5.41, 5.74) is 8.24. The summed E-state index contributed by atoms with van der Waals surface area (Å²) in [5, 5.41) is 29.8. The summed E-state index contributed by atoms with van der Waals surface area (Å²) in [6, 6.07) is 20.4. The summed E-state index contributed by atoms with van der Waals surface area (Å²) in [7, 11) is -3.16. The molecule has 4 aliphatic rings. The van der Waals surface area contributed by atoms with Gasteiger partial charge in [-0.15, -0.1) is 0 Å². The van der Waals surface area contributed by atoms with Crippen molar-refractivity contribution in [3.63, 3.8) is 0 Å². The van der Waals surface area contributed by atoms with Crippen molar-refractivity contribution < 1.29 is 28.2 Å². The van der Waals surface area contributed by atoms with Crippen LogP contribution in [0.1, 0.15) is 73.4 Å². The standard InChI is InChI=1S/C23H30N4O4S.C23H30N4O2/c1-32(30,31)27-7-6-17(13-27)8-18-9-21(11-24-10-18)23(29)25-12-22(28)16-26-14-19-4-2-3-5-20(19)15-26;28-22(16-27-14-19-3-1-2-4-20(19)15-27)13-26-23(29)21-10-18(11-25-12-21)9-17-5-7-24-8-6-17/h2-5,9-11,17,22,28H,6-8,12-16H2,1H3,(H,25,29);1-4,10-12,17,22,24,28H,5-9,13-16H2,(H,26,29)/t17?,22-;22-/m00/s1. The quantitative estimate of drug-likeness (QED) is 0.119. The van der Waals surface area contributed by atoms with Crippen molar-refractivity contribution in [1.82, 2.24) is 40.0 Å². The predicted molar refractivity (Wildman–Crippen MR) is 234 cm³/mol. The van der Waals surface area contributed by atoms with Crippen molar-refractivity contribution in [2.75, 3.05) is 58.6 Å². The highest BCUT2D eigenvalue weighted by atomic mass is 32.2. The number of amides is 2. The molecular formula is C46H60N8O6S. The van der Waals surface area contributed by atoms with Gasteiger partial charge in [-0.25, -0.2) is 12.7 Å². The number of pyridine rings is 2. The van der Waals surface area contributed by atoms with Crippen LogP contribution < -0.4 is 16.0 Å². The normalized spacial score (nSPS) is 19.4. The van der Waals surface area contributed by atoms with Crippen LogP contribution in [0.4, 0.5) is 0 Å². The maximum absolute atomic E-state index is 12.6. The van der Waals surface area contributed by atoms with E-state index in [1.54, 1.807) is 18.5 Å². The molecule has 61 heavy (non-hydrogen) atoms. The van der Waals surface area contributed by atoms with Gasteiger partial charge in [-0.1, -0.05) is 48.5 Å². The summed E-state index contributed by atoms with van der Waals surface area (Å²) in [5.74, 6) is 0.430. The first-order valence-corrected chi connectivity index (χ1v) is 23.3. The van der Waals surface area contributed by atoms with Crippen molar-refractivity contribution in [3.8, 4) is 0 Å². The SMILES string of the molecule is CS(=O)(=O)N1CCC(Cc2cncc(C(=O)NC[C@H](O)CN3Cc4ccccc4C3)c2)C1.O=C(NC[C@H](O)CN1Cc2ccccc2C1)c1cncc(CC2CCNCC2)c1. The number of aromatic nitrogens is 2. The Morgan fingerprint density at radius 2 is 1.15 bits per heavy atom. The van der Waals surface area contributed by atoms with Crippen molar-refractivity contribution in [3.05, 3.63) is 130 Å². The Hall–Kier alpha value is -4.61. The first-order chi connectivity index (χ1) is 29.4. The Kier molecular flexibility index (Phi) is 15.3. The number of carbonyl (C=O) groups excluding carboxylic acids is 2. The summed E-state index contributed by atoms with van der Waals surface area (Å²) >= 11 is 0. The molecule has 8 rings (SSSR count). The van der Waals surface area contributed by atoms with Crippen LogP contribution in [0.15, 0.2) is 85.5 Å². The predicted octanol–water partition coefficient (Wildman–Crippen LogP) is 2.74. The lowest BCUT2D eigenvalue weighted by Gasteiger charge is -2.22. The molecule has 0 saturated carbocycles. The van der Waals surface area contributed by atoms with E-state index in [-0.39, 0.29) is 30.8 Å². The van der Waals surface area contributed by atoms with Gasteiger partial charge in [0.15, 0.2) is 0 Å². The number of aliphatic hydroxyl groups excluding tert-OH is 2. The molecule has 2 aromatic carbocycles. The second-order valence-corrected chi connectivity index (χ2v) is 19.1. The fourth-order valence-electron chi connectivity index (χ4n) is 8.88. The second kappa shape index (κ2) is 21.0. The van der Waals surface area contributed by atoms with E-state index >= 15 is 0 Å². The molecule has 0 spiro atoms. The first-order valence-electron chi connectivity index (χ1n) is 21.5. The first kappa shape index (κ1) is 44.4. The highest BCUT2D eigenvalue weighted by Crippen LogP contribution is 2.25. The van der Waals surface area contributed by atoms with Crippen molar-refractivity contribution in [2.24, 2.45) is 11.8 Å². The summed E-state index contributed by atoms with van der Waals surface area (Å²) in [6.07, 6.45) is 11.5. The molecular weight excluding hydrogens is 793 g/mol. The van der Waals surface area contributed by atoms with E-state index in [9.17, 15) is 28.2 Å². The molecule has 3 atom stereocenters. The zero-order chi connectivity index (χ0) is 42.8. The lowest BCUT2D eigenvalue weighted by Crippen LogP contribution is -2.38. The number of hydrogen-bond donors (Lipinski definition) is 5. The van der Waals surface area contributed by atoms with Gasteiger partial charge >= 0.3 is 0 Å². The molecule has 2 saturated heterocycles. The van der Waals surface area contributed by atoms with Gasteiger partial charge < -0.3 is 26.2 Å². The summed E-state index contributed by atoms with van der Waals surface area (Å²) in [6.45, 7) is 7.94. The third-order valence-corrected chi connectivity index (χ3v) is 13.4. The third kappa shape index (κ3) is 13.0. The van der Waals surface area contributed by atoms with E-state index in [1.807, 2.05) is 36.5 Å². The van der Waals surface area contributed by atoms with Gasteiger partial charge in [-0.05, 0) is 103 Å². The number of β-amino-alcohol motifs (C(OH)–C–C–N with tert-alkyl or cyclic N) is 2. The second-order valence-electron chi connectivity index (χ2n) is 17.1. The van der Waals surface area contributed by atoms with Gasteiger partial charge in [0.05, 0.1) is 29.6 Å². The van der Waals surface area contributed by atoms with Crippen LogP contribution in [0.25, 0.3) is 0 Å². The monoisotopic (exact) mass is 852 g/mol. The summed E-state index contributed by atoms with van der Waals surface area (Å²) < 4.78 is 24.9. The van der Waals surface area contributed by atoms with Crippen LogP contribution in [0.2, 0.25) is 0 Å². The molecule has 326 valence electrons. The van der Waals surface area contributed by atoms with E-state index in [0.717, 1.165) is 63.2 Å². The zero-order valence-corrected chi connectivity index (χ0v) is 35.9.